The largest absolute Gasteiger partial charge is 0.471 e. The van der Waals surface area contributed by atoms with Crippen LogP contribution in [0, 0.1) is 17.5 Å². The molecule has 2 aromatic rings. The minimum atomic E-state index is -1.65. The summed E-state index contributed by atoms with van der Waals surface area (Å²) in [5.74, 6) is -4.82. The van der Waals surface area contributed by atoms with Gasteiger partial charge in [-0.25, -0.2) is 13.2 Å². The number of benzene rings is 1. The molecule has 1 unspecified atom stereocenters. The molecule has 1 aromatic carbocycles. The molecule has 0 radical (unpaired) electrons. The SMILES string of the molecule is O=C(c1ccc(F)c(F)c1F)N1CCCC(Oc2cccnn2)C1. The molecule has 126 valence electrons. The van der Waals surface area contributed by atoms with Crippen LogP contribution < -0.4 is 4.74 Å². The predicted molar refractivity (Wildman–Crippen MR) is 77.9 cm³/mol. The van der Waals surface area contributed by atoms with Gasteiger partial charge in [-0.2, -0.15) is 5.10 Å². The molecule has 0 N–H and O–H groups in total. The molecule has 0 saturated carbocycles. The van der Waals surface area contributed by atoms with Crippen LogP contribution in [0.1, 0.15) is 23.2 Å². The third kappa shape index (κ3) is 3.32. The Bertz CT molecular complexity index is 743. The van der Waals surface area contributed by atoms with Crippen molar-refractivity contribution in [1.82, 2.24) is 15.1 Å². The lowest BCUT2D eigenvalue weighted by Gasteiger charge is -2.32. The fourth-order valence-corrected chi connectivity index (χ4v) is 2.60. The Labute approximate surface area is 136 Å². The van der Waals surface area contributed by atoms with E-state index in [0.717, 1.165) is 12.1 Å². The maximum Gasteiger partial charge on any atom is 0.257 e. The molecule has 1 saturated heterocycles. The molecule has 3 rings (SSSR count). The van der Waals surface area contributed by atoms with Gasteiger partial charge in [-0.05, 0) is 31.0 Å². The Morgan fingerprint density at radius 2 is 2.04 bits per heavy atom. The summed E-state index contributed by atoms with van der Waals surface area (Å²) >= 11 is 0. The highest BCUT2D eigenvalue weighted by Gasteiger charge is 2.29. The summed E-state index contributed by atoms with van der Waals surface area (Å²) in [5.41, 5.74) is -0.492. The third-order valence-corrected chi connectivity index (χ3v) is 3.77. The quantitative estimate of drug-likeness (QED) is 0.808. The van der Waals surface area contributed by atoms with E-state index in [2.05, 4.69) is 10.2 Å². The van der Waals surface area contributed by atoms with E-state index in [0.29, 0.717) is 25.3 Å². The Balaban J connectivity index is 1.72. The van der Waals surface area contributed by atoms with E-state index in [1.807, 2.05) is 0 Å². The topological polar surface area (TPSA) is 55.3 Å². The molecule has 0 bridgehead atoms. The zero-order valence-corrected chi connectivity index (χ0v) is 12.6. The Morgan fingerprint density at radius 1 is 1.21 bits per heavy atom. The van der Waals surface area contributed by atoms with Gasteiger partial charge in [0.1, 0.15) is 6.10 Å². The average molecular weight is 337 g/mol. The Morgan fingerprint density at radius 3 is 2.79 bits per heavy atom. The second kappa shape index (κ2) is 6.86. The molecule has 1 aliphatic heterocycles. The number of carbonyl (C=O) groups excluding carboxylic acids is 1. The first-order valence-corrected chi connectivity index (χ1v) is 7.43. The zero-order valence-electron chi connectivity index (χ0n) is 12.6. The molecule has 1 aliphatic rings. The number of likely N-dealkylation sites (tertiary alicyclic amines) is 1. The second-order valence-corrected chi connectivity index (χ2v) is 5.42. The molecular weight excluding hydrogens is 323 g/mol. The van der Waals surface area contributed by atoms with Gasteiger partial charge in [0, 0.05) is 18.8 Å². The molecule has 24 heavy (non-hydrogen) atoms. The van der Waals surface area contributed by atoms with Crippen LogP contribution in [0.3, 0.4) is 0 Å². The van der Waals surface area contributed by atoms with Crippen molar-refractivity contribution >= 4 is 5.91 Å². The summed E-state index contributed by atoms with van der Waals surface area (Å²) in [6.45, 7) is 0.589. The average Bonchev–Trinajstić information content (AvgIpc) is 2.60. The van der Waals surface area contributed by atoms with E-state index in [1.165, 1.54) is 11.1 Å². The Hall–Kier alpha value is -2.64. The lowest BCUT2D eigenvalue weighted by molar-refractivity contribution is 0.0520. The van der Waals surface area contributed by atoms with Crippen molar-refractivity contribution in [3.63, 3.8) is 0 Å². The van der Waals surface area contributed by atoms with Gasteiger partial charge < -0.3 is 9.64 Å². The molecule has 1 atom stereocenters. The number of nitrogens with zero attached hydrogens (tertiary/aromatic N) is 3. The fraction of sp³-hybridized carbons (Fsp3) is 0.312. The van der Waals surface area contributed by atoms with Crippen LogP contribution in [0.15, 0.2) is 30.5 Å². The summed E-state index contributed by atoms with van der Waals surface area (Å²) in [6.07, 6.45) is 2.52. The number of hydrogen-bond acceptors (Lipinski definition) is 4. The molecule has 8 heteroatoms. The van der Waals surface area contributed by atoms with Gasteiger partial charge >= 0.3 is 0 Å². The number of aromatic nitrogens is 2. The van der Waals surface area contributed by atoms with Gasteiger partial charge in [-0.15, -0.1) is 5.10 Å². The van der Waals surface area contributed by atoms with E-state index >= 15 is 0 Å². The minimum absolute atomic E-state index is 0.202. The van der Waals surface area contributed by atoms with Crippen molar-refractivity contribution in [2.24, 2.45) is 0 Å². The van der Waals surface area contributed by atoms with E-state index in [-0.39, 0.29) is 12.6 Å². The number of ether oxygens (including phenoxy) is 1. The molecule has 5 nitrogen and oxygen atoms in total. The van der Waals surface area contributed by atoms with Crippen molar-refractivity contribution in [1.29, 1.82) is 0 Å². The summed E-state index contributed by atoms with van der Waals surface area (Å²) < 4.78 is 45.8. The number of piperidine rings is 1. The van der Waals surface area contributed by atoms with Crippen molar-refractivity contribution < 1.29 is 22.7 Å². The highest BCUT2D eigenvalue weighted by atomic mass is 19.2. The van der Waals surface area contributed by atoms with Crippen LogP contribution in [0.5, 0.6) is 5.88 Å². The molecule has 1 amide bonds. The maximum atomic E-state index is 13.8. The summed E-state index contributed by atoms with van der Waals surface area (Å²) in [7, 11) is 0. The van der Waals surface area contributed by atoms with Gasteiger partial charge in [0.15, 0.2) is 17.5 Å². The third-order valence-electron chi connectivity index (χ3n) is 3.77. The smallest absolute Gasteiger partial charge is 0.257 e. The van der Waals surface area contributed by atoms with Crippen LogP contribution >= 0.6 is 0 Å². The molecule has 2 heterocycles. The highest BCUT2D eigenvalue weighted by Crippen LogP contribution is 2.21. The first-order valence-electron chi connectivity index (χ1n) is 7.43. The summed E-state index contributed by atoms with van der Waals surface area (Å²) in [5, 5.41) is 7.51. The van der Waals surface area contributed by atoms with Gasteiger partial charge in [-0.3, -0.25) is 4.79 Å². The van der Waals surface area contributed by atoms with Crippen molar-refractivity contribution in [3.05, 3.63) is 53.5 Å². The van der Waals surface area contributed by atoms with E-state index < -0.39 is 28.9 Å². The van der Waals surface area contributed by atoms with Crippen molar-refractivity contribution in [2.45, 2.75) is 18.9 Å². The first kappa shape index (κ1) is 16.2. The second-order valence-electron chi connectivity index (χ2n) is 5.42. The molecule has 1 aromatic heterocycles. The molecule has 0 spiro atoms. The molecular formula is C16H14F3N3O2. The molecule has 1 fully saturated rings. The number of amides is 1. The van der Waals surface area contributed by atoms with E-state index in [4.69, 9.17) is 4.74 Å². The van der Waals surface area contributed by atoms with Gasteiger partial charge in [0.2, 0.25) is 5.88 Å². The predicted octanol–water partition coefficient (Wildman–Crippen LogP) is 2.58. The number of hydrogen-bond donors (Lipinski definition) is 0. The zero-order chi connectivity index (χ0) is 17.1. The van der Waals surface area contributed by atoms with Crippen LogP contribution in [0.2, 0.25) is 0 Å². The van der Waals surface area contributed by atoms with Gasteiger partial charge in [-0.1, -0.05) is 0 Å². The van der Waals surface area contributed by atoms with Crippen molar-refractivity contribution in [2.75, 3.05) is 13.1 Å². The van der Waals surface area contributed by atoms with Crippen LogP contribution in [-0.2, 0) is 0 Å². The number of halogens is 3. The minimum Gasteiger partial charge on any atom is -0.471 e. The highest BCUT2D eigenvalue weighted by molar-refractivity contribution is 5.94. The summed E-state index contributed by atoms with van der Waals surface area (Å²) in [4.78, 5) is 13.8. The standard InChI is InChI=1S/C16H14F3N3O2/c17-12-6-5-11(14(18)15(12)19)16(23)22-8-2-3-10(9-22)24-13-4-1-7-20-21-13/h1,4-7,10H,2-3,8-9H2. The molecule has 0 aliphatic carbocycles. The fourth-order valence-electron chi connectivity index (χ4n) is 2.60. The first-order chi connectivity index (χ1) is 11.6. The monoisotopic (exact) mass is 337 g/mol. The van der Waals surface area contributed by atoms with Gasteiger partial charge in [0.05, 0.1) is 12.1 Å². The number of carbonyl (C=O) groups is 1. The number of rotatable bonds is 3. The van der Waals surface area contributed by atoms with E-state index in [9.17, 15) is 18.0 Å². The Kier molecular flexibility index (Phi) is 4.64. The van der Waals surface area contributed by atoms with Crippen LogP contribution in [0.4, 0.5) is 13.2 Å². The van der Waals surface area contributed by atoms with Crippen molar-refractivity contribution in [3.8, 4) is 5.88 Å². The van der Waals surface area contributed by atoms with Crippen LogP contribution in [0.25, 0.3) is 0 Å². The normalized spacial score (nSPS) is 17.6. The lowest BCUT2D eigenvalue weighted by Crippen LogP contribution is -2.44. The van der Waals surface area contributed by atoms with E-state index in [1.54, 1.807) is 12.1 Å². The lowest BCUT2D eigenvalue weighted by atomic mass is 10.1. The summed E-state index contributed by atoms with van der Waals surface area (Å²) in [6, 6.07) is 5.00. The maximum absolute atomic E-state index is 13.8. The van der Waals surface area contributed by atoms with Crippen LogP contribution in [-0.4, -0.2) is 40.2 Å². The van der Waals surface area contributed by atoms with Gasteiger partial charge in [0.25, 0.3) is 5.91 Å².